The van der Waals surface area contributed by atoms with Crippen molar-refractivity contribution in [2.24, 2.45) is 0 Å². The highest BCUT2D eigenvalue weighted by molar-refractivity contribution is 5.74. The molecule has 0 aliphatic rings. The molecule has 0 aromatic carbocycles. The Labute approximate surface area is 76.8 Å². The van der Waals surface area contributed by atoms with Gasteiger partial charge in [0.25, 0.3) is 0 Å². The fourth-order valence-electron chi connectivity index (χ4n) is 0.831. The van der Waals surface area contributed by atoms with E-state index in [1.165, 1.54) is 4.90 Å². The van der Waals surface area contributed by atoms with Gasteiger partial charge < -0.3 is 25.5 Å². The van der Waals surface area contributed by atoms with Crippen molar-refractivity contribution in [2.75, 3.05) is 39.5 Å². The van der Waals surface area contributed by atoms with E-state index in [-0.39, 0.29) is 39.5 Å². The van der Waals surface area contributed by atoms with Crippen LogP contribution in [-0.2, 0) is 0 Å². The Hall–Kier alpha value is -0.850. The van der Waals surface area contributed by atoms with Crippen molar-refractivity contribution < 1.29 is 20.1 Å². The number of nitrogens with one attached hydrogen (secondary N) is 1. The highest BCUT2D eigenvalue weighted by atomic mass is 16.3. The number of aliphatic hydroxyl groups is 3. The Morgan fingerprint density at radius 2 is 1.62 bits per heavy atom. The van der Waals surface area contributed by atoms with Crippen molar-refractivity contribution in [2.45, 2.75) is 0 Å². The summed E-state index contributed by atoms with van der Waals surface area (Å²) in [6.45, 7) is 0.110. The van der Waals surface area contributed by atoms with Crippen LogP contribution in [0.1, 0.15) is 0 Å². The van der Waals surface area contributed by atoms with E-state index in [9.17, 15) is 4.79 Å². The van der Waals surface area contributed by atoms with Crippen LogP contribution in [0, 0.1) is 0 Å². The molecule has 0 radical (unpaired) electrons. The summed E-state index contributed by atoms with van der Waals surface area (Å²) in [4.78, 5) is 12.4. The van der Waals surface area contributed by atoms with Gasteiger partial charge in [-0.15, -0.1) is 0 Å². The first-order valence-electron chi connectivity index (χ1n) is 4.11. The Morgan fingerprint density at radius 3 is 2.00 bits per heavy atom. The van der Waals surface area contributed by atoms with Crippen LogP contribution in [-0.4, -0.2) is 65.7 Å². The Morgan fingerprint density at radius 1 is 1.08 bits per heavy atom. The van der Waals surface area contributed by atoms with Gasteiger partial charge in [0.15, 0.2) is 0 Å². The Bertz CT molecular complexity index is 136. The van der Waals surface area contributed by atoms with Crippen LogP contribution in [0.5, 0.6) is 0 Å². The van der Waals surface area contributed by atoms with Crippen LogP contribution >= 0.6 is 0 Å². The summed E-state index contributed by atoms with van der Waals surface area (Å²) in [6.07, 6.45) is 0. The molecule has 6 heteroatoms. The molecule has 78 valence electrons. The van der Waals surface area contributed by atoms with Crippen LogP contribution in [0.4, 0.5) is 4.79 Å². The standard InChI is InChI=1S/C7H16N2O4/c10-4-1-8-7(13)9(2-5-11)3-6-12/h10-12H,1-6H2,(H,8,13). The summed E-state index contributed by atoms with van der Waals surface area (Å²) in [7, 11) is 0. The highest BCUT2D eigenvalue weighted by Crippen LogP contribution is 1.87. The lowest BCUT2D eigenvalue weighted by Gasteiger charge is -2.20. The maximum atomic E-state index is 11.2. The minimum absolute atomic E-state index is 0.127. The zero-order chi connectivity index (χ0) is 10.1. The van der Waals surface area contributed by atoms with E-state index in [1.54, 1.807) is 0 Å². The number of amides is 2. The second kappa shape index (κ2) is 7.78. The van der Waals surface area contributed by atoms with Gasteiger partial charge in [-0.3, -0.25) is 0 Å². The molecule has 4 N–H and O–H groups in total. The number of hydrogen-bond acceptors (Lipinski definition) is 4. The van der Waals surface area contributed by atoms with E-state index in [4.69, 9.17) is 15.3 Å². The molecular weight excluding hydrogens is 176 g/mol. The molecule has 0 fully saturated rings. The lowest BCUT2D eigenvalue weighted by atomic mass is 10.5. The topological polar surface area (TPSA) is 93.0 Å². The maximum absolute atomic E-state index is 11.2. The first kappa shape index (κ1) is 12.2. The van der Waals surface area contributed by atoms with E-state index in [1.807, 2.05) is 0 Å². The van der Waals surface area contributed by atoms with Gasteiger partial charge in [-0.05, 0) is 0 Å². The predicted octanol–water partition coefficient (Wildman–Crippen LogP) is -2.03. The molecule has 0 aliphatic carbocycles. The van der Waals surface area contributed by atoms with Crippen molar-refractivity contribution in [3.8, 4) is 0 Å². The zero-order valence-electron chi connectivity index (χ0n) is 7.44. The molecule has 0 saturated carbocycles. The second-order valence-electron chi connectivity index (χ2n) is 2.39. The summed E-state index contributed by atoms with van der Waals surface area (Å²) in [5.41, 5.74) is 0. The van der Waals surface area contributed by atoms with E-state index in [0.717, 1.165) is 0 Å². The Balaban J connectivity index is 3.80. The van der Waals surface area contributed by atoms with E-state index in [2.05, 4.69) is 5.32 Å². The molecule has 13 heavy (non-hydrogen) atoms. The second-order valence-corrected chi connectivity index (χ2v) is 2.39. The first-order chi connectivity index (χ1) is 6.26. The van der Waals surface area contributed by atoms with Gasteiger partial charge in [-0.25, -0.2) is 4.79 Å². The SMILES string of the molecule is O=C(NCCO)N(CCO)CCO. The molecular formula is C7H16N2O4. The molecule has 0 heterocycles. The smallest absolute Gasteiger partial charge is 0.317 e. The van der Waals surface area contributed by atoms with Crippen molar-refractivity contribution in [1.29, 1.82) is 0 Å². The number of nitrogens with zero attached hydrogens (tertiary/aromatic N) is 1. The summed E-state index contributed by atoms with van der Waals surface area (Å²) in [6, 6.07) is -0.392. The van der Waals surface area contributed by atoms with Gasteiger partial charge in [0, 0.05) is 19.6 Å². The molecule has 0 aromatic heterocycles. The van der Waals surface area contributed by atoms with Crippen LogP contribution in [0.25, 0.3) is 0 Å². The van der Waals surface area contributed by atoms with Crippen LogP contribution in [0.15, 0.2) is 0 Å². The monoisotopic (exact) mass is 192 g/mol. The molecule has 2 amide bonds. The van der Waals surface area contributed by atoms with Crippen LogP contribution in [0.3, 0.4) is 0 Å². The van der Waals surface area contributed by atoms with E-state index in [0.29, 0.717) is 0 Å². The molecule has 0 bridgehead atoms. The van der Waals surface area contributed by atoms with Crippen LogP contribution in [0.2, 0.25) is 0 Å². The van der Waals surface area contributed by atoms with Crippen molar-refractivity contribution >= 4 is 6.03 Å². The fourth-order valence-corrected chi connectivity index (χ4v) is 0.831. The summed E-state index contributed by atoms with van der Waals surface area (Å²) >= 11 is 0. The summed E-state index contributed by atoms with van der Waals surface area (Å²) in [5, 5.41) is 28.0. The van der Waals surface area contributed by atoms with Gasteiger partial charge in [-0.2, -0.15) is 0 Å². The van der Waals surface area contributed by atoms with Crippen molar-refractivity contribution in [3.63, 3.8) is 0 Å². The minimum atomic E-state index is -0.392. The number of aliphatic hydroxyl groups excluding tert-OH is 3. The fraction of sp³-hybridized carbons (Fsp3) is 0.857. The lowest BCUT2D eigenvalue weighted by molar-refractivity contribution is 0.156. The number of urea groups is 1. The first-order valence-corrected chi connectivity index (χ1v) is 4.11. The average molecular weight is 192 g/mol. The van der Waals surface area contributed by atoms with Gasteiger partial charge in [0.05, 0.1) is 19.8 Å². The predicted molar refractivity (Wildman–Crippen MR) is 46.2 cm³/mol. The normalized spacial score (nSPS) is 9.77. The summed E-state index contributed by atoms with van der Waals surface area (Å²) < 4.78 is 0. The third-order valence-electron chi connectivity index (χ3n) is 1.42. The molecule has 0 atom stereocenters. The average Bonchev–Trinajstić information content (AvgIpc) is 2.14. The van der Waals surface area contributed by atoms with Crippen LogP contribution < -0.4 is 5.32 Å². The van der Waals surface area contributed by atoms with E-state index < -0.39 is 6.03 Å². The quantitative estimate of drug-likeness (QED) is 0.390. The Kier molecular flexibility index (Phi) is 7.27. The molecule has 0 rings (SSSR count). The lowest BCUT2D eigenvalue weighted by Crippen LogP contribution is -2.43. The largest absolute Gasteiger partial charge is 0.395 e. The molecule has 0 unspecified atom stereocenters. The number of rotatable bonds is 6. The number of carbonyl (C=O) groups is 1. The highest BCUT2D eigenvalue weighted by Gasteiger charge is 2.10. The molecule has 0 spiro atoms. The number of carbonyl (C=O) groups excluding carboxylic acids is 1. The van der Waals surface area contributed by atoms with Gasteiger partial charge in [0.2, 0.25) is 0 Å². The van der Waals surface area contributed by atoms with E-state index >= 15 is 0 Å². The van der Waals surface area contributed by atoms with Crippen molar-refractivity contribution in [1.82, 2.24) is 10.2 Å². The van der Waals surface area contributed by atoms with Gasteiger partial charge in [-0.1, -0.05) is 0 Å². The molecule has 0 aliphatic heterocycles. The minimum Gasteiger partial charge on any atom is -0.395 e. The van der Waals surface area contributed by atoms with Gasteiger partial charge >= 0.3 is 6.03 Å². The maximum Gasteiger partial charge on any atom is 0.317 e. The third-order valence-corrected chi connectivity index (χ3v) is 1.42. The third kappa shape index (κ3) is 5.40. The molecule has 0 aromatic rings. The zero-order valence-corrected chi connectivity index (χ0v) is 7.44. The number of hydrogen-bond donors (Lipinski definition) is 4. The van der Waals surface area contributed by atoms with Gasteiger partial charge in [0.1, 0.15) is 0 Å². The molecule has 0 saturated heterocycles. The summed E-state index contributed by atoms with van der Waals surface area (Å²) in [5.74, 6) is 0. The van der Waals surface area contributed by atoms with Crippen molar-refractivity contribution in [3.05, 3.63) is 0 Å². The molecule has 6 nitrogen and oxygen atoms in total.